The minimum Gasteiger partial charge on any atom is -0.316 e. The number of tetrazole rings is 1. The fraction of sp³-hybridized carbons (Fsp3) is 0.500. The molecule has 0 radical (unpaired) electrons. The van der Waals surface area contributed by atoms with Gasteiger partial charge in [-0.25, -0.2) is 0 Å². The molecule has 0 aliphatic carbocycles. The van der Waals surface area contributed by atoms with E-state index < -0.39 is 0 Å². The summed E-state index contributed by atoms with van der Waals surface area (Å²) in [7, 11) is 0. The topological polar surface area (TPSA) is 86.7 Å². The van der Waals surface area contributed by atoms with E-state index in [2.05, 4.69) is 20.6 Å². The summed E-state index contributed by atoms with van der Waals surface area (Å²) in [5.74, 6) is 0.438. The van der Waals surface area contributed by atoms with Crippen LogP contribution < -0.4 is 5.48 Å². The van der Waals surface area contributed by atoms with Crippen molar-refractivity contribution < 1.29 is 5.21 Å². The van der Waals surface area contributed by atoms with Crippen LogP contribution in [0.4, 0.5) is 0 Å². The number of aromatic nitrogens is 4. The monoisotopic (exact) mass is 115 g/mol. The fourth-order valence-corrected chi connectivity index (χ4v) is 0.328. The number of nitrogens with one attached hydrogen (secondary N) is 2. The van der Waals surface area contributed by atoms with Crippen LogP contribution in [0.25, 0.3) is 0 Å². The van der Waals surface area contributed by atoms with Gasteiger partial charge in [0.25, 0.3) is 0 Å². The second-order valence-electron chi connectivity index (χ2n) is 1.16. The molecule has 44 valence electrons. The van der Waals surface area contributed by atoms with Gasteiger partial charge in [0.2, 0.25) is 0 Å². The maximum atomic E-state index is 8.07. The van der Waals surface area contributed by atoms with Gasteiger partial charge < -0.3 is 5.21 Å². The highest BCUT2D eigenvalue weighted by Gasteiger charge is 1.91. The van der Waals surface area contributed by atoms with E-state index in [4.69, 9.17) is 5.21 Å². The first-order chi connectivity index (χ1) is 3.93. The van der Waals surface area contributed by atoms with Crippen molar-refractivity contribution in [1.29, 1.82) is 0 Å². The molecule has 1 heterocycles. The standard InChI is InChI=1S/C2H5N5O/c8-3-1-2-4-6-7-5-2/h3,8H,1H2,(H,4,5,6,7). The summed E-state index contributed by atoms with van der Waals surface area (Å²) >= 11 is 0. The number of hydrogen-bond acceptors (Lipinski definition) is 5. The number of nitrogens with zero attached hydrogens (tertiary/aromatic N) is 3. The highest BCUT2D eigenvalue weighted by atomic mass is 16.5. The van der Waals surface area contributed by atoms with Crippen LogP contribution in [0.15, 0.2) is 0 Å². The summed E-state index contributed by atoms with van der Waals surface area (Å²) in [6, 6.07) is 0. The average Bonchev–Trinajstić information content (AvgIpc) is 2.19. The van der Waals surface area contributed by atoms with E-state index in [0.29, 0.717) is 5.82 Å². The molecule has 3 N–H and O–H groups in total. The molecule has 1 aromatic rings. The molecule has 0 spiro atoms. The maximum Gasteiger partial charge on any atom is 0.190 e. The Balaban J connectivity index is 2.50. The number of hydrogen-bond donors (Lipinski definition) is 3. The molecule has 1 rings (SSSR count). The Morgan fingerprint density at radius 3 is 3.12 bits per heavy atom. The third kappa shape index (κ3) is 0.983. The van der Waals surface area contributed by atoms with Crippen molar-refractivity contribution >= 4 is 0 Å². The predicted octanol–water partition coefficient (Wildman–Crippen LogP) is -1.32. The van der Waals surface area contributed by atoms with Gasteiger partial charge in [0.05, 0.1) is 6.54 Å². The smallest absolute Gasteiger partial charge is 0.190 e. The van der Waals surface area contributed by atoms with Crippen LogP contribution in [-0.2, 0) is 6.54 Å². The van der Waals surface area contributed by atoms with Crippen LogP contribution in [0.2, 0.25) is 0 Å². The van der Waals surface area contributed by atoms with Crippen molar-refractivity contribution in [3.8, 4) is 0 Å². The molecule has 0 bridgehead atoms. The van der Waals surface area contributed by atoms with Gasteiger partial charge >= 0.3 is 0 Å². The SMILES string of the molecule is ONCc1nn[nH]n1. The molecular formula is C2H5N5O. The number of H-pyrrole nitrogens is 1. The van der Waals surface area contributed by atoms with E-state index in [9.17, 15) is 0 Å². The van der Waals surface area contributed by atoms with Gasteiger partial charge in [-0.15, -0.1) is 10.2 Å². The van der Waals surface area contributed by atoms with Gasteiger partial charge in [-0.1, -0.05) is 5.21 Å². The van der Waals surface area contributed by atoms with Crippen molar-refractivity contribution in [1.82, 2.24) is 26.1 Å². The Labute approximate surface area is 44.9 Å². The fourth-order valence-electron chi connectivity index (χ4n) is 0.328. The van der Waals surface area contributed by atoms with E-state index in [1.54, 1.807) is 0 Å². The number of aromatic amines is 1. The number of rotatable bonds is 2. The normalized spacial score (nSPS) is 9.62. The zero-order chi connectivity index (χ0) is 5.82. The van der Waals surface area contributed by atoms with Gasteiger partial charge in [0.1, 0.15) is 0 Å². The molecule has 0 unspecified atom stereocenters. The van der Waals surface area contributed by atoms with Crippen molar-refractivity contribution in [3.63, 3.8) is 0 Å². The predicted molar refractivity (Wildman–Crippen MR) is 22.8 cm³/mol. The van der Waals surface area contributed by atoms with Crippen molar-refractivity contribution in [3.05, 3.63) is 5.82 Å². The van der Waals surface area contributed by atoms with Crippen LogP contribution in [0.1, 0.15) is 5.82 Å². The Morgan fingerprint density at radius 1 is 1.75 bits per heavy atom. The molecule has 6 heteroatoms. The lowest BCUT2D eigenvalue weighted by atomic mass is 10.6. The minimum absolute atomic E-state index is 0.219. The summed E-state index contributed by atoms with van der Waals surface area (Å²) in [6.07, 6.45) is 0. The second kappa shape index (κ2) is 2.34. The largest absolute Gasteiger partial charge is 0.316 e. The van der Waals surface area contributed by atoms with Crippen molar-refractivity contribution in [2.24, 2.45) is 0 Å². The first-order valence-electron chi connectivity index (χ1n) is 2.03. The van der Waals surface area contributed by atoms with E-state index in [0.717, 1.165) is 0 Å². The van der Waals surface area contributed by atoms with Gasteiger partial charge in [0, 0.05) is 0 Å². The zero-order valence-corrected chi connectivity index (χ0v) is 4.00. The maximum absolute atomic E-state index is 8.07. The Kier molecular flexibility index (Phi) is 1.50. The summed E-state index contributed by atoms with van der Waals surface area (Å²) in [6.45, 7) is 0.219. The molecule has 0 saturated carbocycles. The van der Waals surface area contributed by atoms with Crippen molar-refractivity contribution in [2.75, 3.05) is 0 Å². The molecule has 0 amide bonds. The van der Waals surface area contributed by atoms with Crippen LogP contribution in [0.5, 0.6) is 0 Å². The molecule has 0 aliphatic heterocycles. The van der Waals surface area contributed by atoms with Crippen LogP contribution in [-0.4, -0.2) is 25.8 Å². The molecule has 0 fully saturated rings. The first-order valence-corrected chi connectivity index (χ1v) is 2.03. The highest BCUT2D eigenvalue weighted by molar-refractivity contribution is 4.71. The molecule has 1 aromatic heterocycles. The summed E-state index contributed by atoms with van der Waals surface area (Å²) in [5, 5.41) is 20.6. The first kappa shape index (κ1) is 5.13. The van der Waals surface area contributed by atoms with Gasteiger partial charge in [-0.2, -0.15) is 10.7 Å². The lowest BCUT2D eigenvalue weighted by molar-refractivity contribution is 0.158. The Morgan fingerprint density at radius 2 is 2.62 bits per heavy atom. The average molecular weight is 115 g/mol. The summed E-state index contributed by atoms with van der Waals surface area (Å²) in [5.41, 5.74) is 1.89. The molecule has 6 nitrogen and oxygen atoms in total. The molecular weight excluding hydrogens is 110 g/mol. The van der Waals surface area contributed by atoms with Crippen LogP contribution >= 0.6 is 0 Å². The molecule has 8 heavy (non-hydrogen) atoms. The van der Waals surface area contributed by atoms with Gasteiger partial charge in [0.15, 0.2) is 5.82 Å². The van der Waals surface area contributed by atoms with E-state index in [1.165, 1.54) is 0 Å². The van der Waals surface area contributed by atoms with E-state index in [1.807, 2.05) is 5.48 Å². The third-order valence-electron chi connectivity index (χ3n) is 0.626. The number of hydroxylamine groups is 1. The summed E-state index contributed by atoms with van der Waals surface area (Å²) < 4.78 is 0. The van der Waals surface area contributed by atoms with Crippen LogP contribution in [0, 0.1) is 0 Å². The quantitative estimate of drug-likeness (QED) is 0.416. The Bertz CT molecular complexity index is 136. The highest BCUT2D eigenvalue weighted by Crippen LogP contribution is 1.76. The lowest BCUT2D eigenvalue weighted by Gasteiger charge is -1.84. The van der Waals surface area contributed by atoms with Crippen molar-refractivity contribution in [2.45, 2.75) is 6.54 Å². The Hall–Kier alpha value is -1.01. The van der Waals surface area contributed by atoms with E-state index >= 15 is 0 Å². The minimum atomic E-state index is 0.219. The second-order valence-corrected chi connectivity index (χ2v) is 1.16. The third-order valence-corrected chi connectivity index (χ3v) is 0.626. The van der Waals surface area contributed by atoms with E-state index in [-0.39, 0.29) is 6.54 Å². The lowest BCUT2D eigenvalue weighted by Crippen LogP contribution is -2.07. The molecule has 0 saturated heterocycles. The molecule has 0 aliphatic rings. The summed E-state index contributed by atoms with van der Waals surface area (Å²) in [4.78, 5) is 0. The molecule has 0 aromatic carbocycles. The van der Waals surface area contributed by atoms with Crippen LogP contribution in [0.3, 0.4) is 0 Å². The van der Waals surface area contributed by atoms with Gasteiger partial charge in [-0.3, -0.25) is 0 Å². The zero-order valence-electron chi connectivity index (χ0n) is 4.00. The molecule has 0 atom stereocenters. The van der Waals surface area contributed by atoms with Gasteiger partial charge in [-0.05, 0) is 0 Å².